The second kappa shape index (κ2) is 8.09. The van der Waals surface area contributed by atoms with Crippen LogP contribution in [-0.2, 0) is 4.79 Å². The van der Waals surface area contributed by atoms with E-state index in [1.165, 1.54) is 6.26 Å². The summed E-state index contributed by atoms with van der Waals surface area (Å²) in [5, 5.41) is 3.26. The number of rotatable bonds is 6. The van der Waals surface area contributed by atoms with Crippen molar-refractivity contribution >= 4 is 11.8 Å². The van der Waals surface area contributed by atoms with Crippen molar-refractivity contribution < 1.29 is 18.7 Å². The number of carbonyl (C=O) groups excluding carboxylic acids is 2. The fourth-order valence-electron chi connectivity index (χ4n) is 3.92. The summed E-state index contributed by atoms with van der Waals surface area (Å²) in [7, 11) is 1.65. The van der Waals surface area contributed by atoms with E-state index in [2.05, 4.69) is 5.32 Å². The van der Waals surface area contributed by atoms with Crippen molar-refractivity contribution in [1.82, 2.24) is 10.2 Å². The minimum Gasteiger partial charge on any atom is -0.497 e. The normalized spacial score (nSPS) is 20.5. The standard InChI is InChI=1S/C22H26N2O4/c1-27-18-10-8-16(9-11-18)20(15-6-7-15)23-21(25)17-4-2-12-24(14-17)22(26)19-5-3-13-28-19/h3,5,8-11,13,15,17,20H,2,4,6-7,12,14H2,1H3,(H,23,25)/t17-,20-/m1/s1. The van der Waals surface area contributed by atoms with Crippen LogP contribution in [0.4, 0.5) is 0 Å². The Kier molecular flexibility index (Phi) is 5.37. The molecule has 2 aromatic rings. The van der Waals surface area contributed by atoms with E-state index in [-0.39, 0.29) is 23.8 Å². The number of furan rings is 1. The van der Waals surface area contributed by atoms with Crippen LogP contribution in [0.5, 0.6) is 5.75 Å². The van der Waals surface area contributed by atoms with Gasteiger partial charge in [-0.2, -0.15) is 0 Å². The van der Waals surface area contributed by atoms with Crippen LogP contribution in [0.2, 0.25) is 0 Å². The summed E-state index contributed by atoms with van der Waals surface area (Å²) in [6.07, 6.45) is 5.38. The molecule has 0 spiro atoms. The van der Waals surface area contributed by atoms with Crippen molar-refractivity contribution in [2.75, 3.05) is 20.2 Å². The molecule has 6 nitrogen and oxygen atoms in total. The maximum absolute atomic E-state index is 13.0. The van der Waals surface area contributed by atoms with Crippen LogP contribution in [0.15, 0.2) is 47.1 Å². The maximum atomic E-state index is 13.0. The van der Waals surface area contributed by atoms with Crippen LogP contribution in [0, 0.1) is 11.8 Å². The van der Waals surface area contributed by atoms with E-state index in [1.54, 1.807) is 24.1 Å². The molecule has 1 saturated heterocycles. The molecule has 1 saturated carbocycles. The molecular formula is C22H26N2O4. The molecule has 1 N–H and O–H groups in total. The van der Waals surface area contributed by atoms with Gasteiger partial charge in [0.25, 0.3) is 5.91 Å². The highest BCUT2D eigenvalue weighted by Gasteiger charge is 2.36. The number of likely N-dealkylation sites (tertiary alicyclic amines) is 1. The molecule has 1 aliphatic heterocycles. The average Bonchev–Trinajstić information content (AvgIpc) is 3.44. The van der Waals surface area contributed by atoms with Crippen LogP contribution in [-0.4, -0.2) is 36.9 Å². The van der Waals surface area contributed by atoms with E-state index in [1.807, 2.05) is 24.3 Å². The van der Waals surface area contributed by atoms with E-state index in [4.69, 9.17) is 9.15 Å². The lowest BCUT2D eigenvalue weighted by atomic mass is 9.95. The summed E-state index contributed by atoms with van der Waals surface area (Å²) in [5.74, 6) is 1.33. The lowest BCUT2D eigenvalue weighted by Crippen LogP contribution is -2.46. The molecule has 1 aliphatic carbocycles. The van der Waals surface area contributed by atoms with Gasteiger partial charge in [0.2, 0.25) is 5.91 Å². The fraction of sp³-hybridized carbons (Fsp3) is 0.455. The smallest absolute Gasteiger partial charge is 0.289 e. The van der Waals surface area contributed by atoms with Gasteiger partial charge in [-0.15, -0.1) is 0 Å². The summed E-state index contributed by atoms with van der Waals surface area (Å²) in [4.78, 5) is 27.3. The third-order valence-electron chi connectivity index (χ3n) is 5.68. The van der Waals surface area contributed by atoms with Crippen molar-refractivity contribution in [3.8, 4) is 5.75 Å². The van der Waals surface area contributed by atoms with E-state index in [0.29, 0.717) is 24.8 Å². The number of carbonyl (C=O) groups is 2. The Morgan fingerprint density at radius 3 is 2.61 bits per heavy atom. The summed E-state index contributed by atoms with van der Waals surface area (Å²) in [6, 6.07) is 11.3. The van der Waals surface area contributed by atoms with Crippen molar-refractivity contribution in [3.05, 3.63) is 54.0 Å². The molecule has 1 aromatic heterocycles. The van der Waals surface area contributed by atoms with Gasteiger partial charge in [0.05, 0.1) is 25.3 Å². The number of nitrogens with one attached hydrogen (secondary N) is 1. The van der Waals surface area contributed by atoms with Crippen LogP contribution in [0.25, 0.3) is 0 Å². The molecule has 2 aliphatic rings. The molecular weight excluding hydrogens is 356 g/mol. The molecule has 2 heterocycles. The number of ether oxygens (including phenoxy) is 1. The second-order valence-electron chi connectivity index (χ2n) is 7.66. The minimum absolute atomic E-state index is 0.0227. The third-order valence-corrected chi connectivity index (χ3v) is 5.68. The van der Waals surface area contributed by atoms with Gasteiger partial charge in [-0.25, -0.2) is 0 Å². The summed E-state index contributed by atoms with van der Waals surface area (Å²) in [5.41, 5.74) is 1.11. The Morgan fingerprint density at radius 2 is 1.96 bits per heavy atom. The van der Waals surface area contributed by atoms with Crippen molar-refractivity contribution in [2.24, 2.45) is 11.8 Å². The topological polar surface area (TPSA) is 71.8 Å². The van der Waals surface area contributed by atoms with Crippen molar-refractivity contribution in [3.63, 3.8) is 0 Å². The number of hydrogen-bond acceptors (Lipinski definition) is 4. The quantitative estimate of drug-likeness (QED) is 0.831. The zero-order valence-corrected chi connectivity index (χ0v) is 16.1. The van der Waals surface area contributed by atoms with Gasteiger partial charge < -0.3 is 19.4 Å². The van der Waals surface area contributed by atoms with E-state index < -0.39 is 0 Å². The van der Waals surface area contributed by atoms with Crippen molar-refractivity contribution in [2.45, 2.75) is 31.7 Å². The molecule has 0 unspecified atom stereocenters. The SMILES string of the molecule is COc1ccc([C@H](NC(=O)[C@@H]2CCCN(C(=O)c3ccco3)C2)C2CC2)cc1. The first-order valence-electron chi connectivity index (χ1n) is 9.93. The highest BCUT2D eigenvalue weighted by molar-refractivity contribution is 5.92. The van der Waals surface area contributed by atoms with Crippen LogP contribution >= 0.6 is 0 Å². The Hall–Kier alpha value is -2.76. The van der Waals surface area contributed by atoms with E-state index in [9.17, 15) is 9.59 Å². The minimum atomic E-state index is -0.188. The predicted octanol–water partition coefficient (Wildman–Crippen LogP) is 3.41. The Morgan fingerprint density at radius 1 is 1.18 bits per heavy atom. The van der Waals surface area contributed by atoms with Gasteiger partial charge in [0, 0.05) is 13.1 Å². The molecule has 2 amide bonds. The largest absolute Gasteiger partial charge is 0.497 e. The molecule has 28 heavy (non-hydrogen) atoms. The Balaban J connectivity index is 1.41. The zero-order valence-electron chi connectivity index (χ0n) is 16.1. The number of amides is 2. The first kappa shape index (κ1) is 18.6. The lowest BCUT2D eigenvalue weighted by molar-refractivity contribution is -0.127. The van der Waals surface area contributed by atoms with Gasteiger partial charge >= 0.3 is 0 Å². The highest BCUT2D eigenvalue weighted by Crippen LogP contribution is 2.41. The van der Waals surface area contributed by atoms with Crippen LogP contribution in [0.3, 0.4) is 0 Å². The summed E-state index contributed by atoms with van der Waals surface area (Å²) >= 11 is 0. The number of hydrogen-bond donors (Lipinski definition) is 1. The average molecular weight is 382 g/mol. The molecule has 4 rings (SSSR count). The number of methoxy groups -OCH3 is 1. The molecule has 6 heteroatoms. The molecule has 0 radical (unpaired) electrons. The Bertz CT molecular complexity index is 812. The lowest BCUT2D eigenvalue weighted by Gasteiger charge is -2.32. The predicted molar refractivity (Wildman–Crippen MR) is 104 cm³/mol. The number of piperidine rings is 1. The first-order valence-corrected chi connectivity index (χ1v) is 9.93. The van der Waals surface area contributed by atoms with Crippen molar-refractivity contribution in [1.29, 1.82) is 0 Å². The molecule has 2 atom stereocenters. The third kappa shape index (κ3) is 4.06. The van der Waals surface area contributed by atoms with Gasteiger partial charge in [-0.1, -0.05) is 12.1 Å². The molecule has 1 aromatic carbocycles. The Labute approximate surface area is 164 Å². The molecule has 2 fully saturated rings. The summed E-state index contributed by atoms with van der Waals surface area (Å²) < 4.78 is 10.5. The zero-order chi connectivity index (χ0) is 19.5. The number of benzene rings is 1. The second-order valence-corrected chi connectivity index (χ2v) is 7.66. The van der Waals surface area contributed by atoms with Crippen LogP contribution in [0.1, 0.15) is 47.8 Å². The van der Waals surface area contributed by atoms with Crippen LogP contribution < -0.4 is 10.1 Å². The van der Waals surface area contributed by atoms with E-state index in [0.717, 1.165) is 37.0 Å². The summed E-state index contributed by atoms with van der Waals surface area (Å²) in [6.45, 7) is 1.10. The highest BCUT2D eigenvalue weighted by atomic mass is 16.5. The molecule has 148 valence electrons. The van der Waals surface area contributed by atoms with Gasteiger partial charge in [-0.3, -0.25) is 9.59 Å². The monoisotopic (exact) mass is 382 g/mol. The van der Waals surface area contributed by atoms with Gasteiger partial charge in [-0.05, 0) is 61.4 Å². The van der Waals surface area contributed by atoms with Gasteiger partial charge in [0.15, 0.2) is 5.76 Å². The first-order chi connectivity index (χ1) is 13.7. The molecule has 0 bridgehead atoms. The maximum Gasteiger partial charge on any atom is 0.289 e. The number of nitrogens with zero attached hydrogens (tertiary/aromatic N) is 1. The van der Waals surface area contributed by atoms with E-state index >= 15 is 0 Å². The fourth-order valence-corrected chi connectivity index (χ4v) is 3.92. The van der Waals surface area contributed by atoms with Gasteiger partial charge in [0.1, 0.15) is 5.75 Å².